The number of imidazole rings is 1. The molecule has 0 amide bonds. The Morgan fingerprint density at radius 2 is 1.88 bits per heavy atom. The van der Waals surface area contributed by atoms with Crippen molar-refractivity contribution in [3.8, 4) is 5.82 Å². The van der Waals surface area contributed by atoms with Crippen molar-refractivity contribution in [2.75, 3.05) is 10.8 Å². The molecule has 0 spiro atoms. The van der Waals surface area contributed by atoms with Crippen molar-refractivity contribution < 1.29 is 8.42 Å². The Bertz CT molecular complexity index is 1100. The van der Waals surface area contributed by atoms with E-state index in [1.807, 2.05) is 38.2 Å². The Labute approximate surface area is 153 Å². The number of aromatic nitrogens is 3. The molecule has 0 radical (unpaired) electrons. The number of hydrogen-bond acceptors (Lipinski definition) is 4. The summed E-state index contributed by atoms with van der Waals surface area (Å²) in [5, 5.41) is 0. The Hall–Kier alpha value is -2.67. The van der Waals surface area contributed by atoms with Gasteiger partial charge in [0.1, 0.15) is 17.0 Å². The van der Waals surface area contributed by atoms with Crippen LogP contribution in [-0.2, 0) is 16.4 Å². The van der Waals surface area contributed by atoms with Crippen LogP contribution < -0.4 is 4.31 Å². The van der Waals surface area contributed by atoms with Crippen LogP contribution in [0.25, 0.3) is 5.82 Å². The van der Waals surface area contributed by atoms with Crippen molar-refractivity contribution in [1.82, 2.24) is 14.5 Å². The molecule has 1 aliphatic rings. The molecule has 0 saturated carbocycles. The quantitative estimate of drug-likeness (QED) is 0.713. The smallest absolute Gasteiger partial charge is 0.266 e. The van der Waals surface area contributed by atoms with Crippen molar-refractivity contribution in [1.29, 1.82) is 0 Å². The maximum Gasteiger partial charge on any atom is 0.266 e. The fraction of sp³-hybridized carbons (Fsp3) is 0.263. The third-order valence-corrected chi connectivity index (χ3v) is 6.68. The Kier molecular flexibility index (Phi) is 3.84. The van der Waals surface area contributed by atoms with Gasteiger partial charge in [-0.1, -0.05) is 18.2 Å². The standard InChI is InChI=1S/C19H20N4O2S/c1-13-5-4-6-16-7-8-23(19(13)16)26(24,25)17-10-20-18(9-14(17)2)22-11-15(3)21-12-22/h4-6,9-12H,7-8H2,1-3H3. The van der Waals surface area contributed by atoms with Gasteiger partial charge >= 0.3 is 0 Å². The Balaban J connectivity index is 1.76. The second-order valence-electron chi connectivity index (χ2n) is 6.64. The summed E-state index contributed by atoms with van der Waals surface area (Å²) in [7, 11) is -3.65. The zero-order chi connectivity index (χ0) is 18.5. The van der Waals surface area contributed by atoms with Crippen molar-refractivity contribution >= 4 is 15.7 Å². The van der Waals surface area contributed by atoms with E-state index in [1.54, 1.807) is 23.9 Å². The summed E-state index contributed by atoms with van der Waals surface area (Å²) in [6, 6.07) is 7.69. The number of nitrogens with zero attached hydrogens (tertiary/aromatic N) is 4. The first-order valence-corrected chi connectivity index (χ1v) is 9.91. The summed E-state index contributed by atoms with van der Waals surface area (Å²) >= 11 is 0. The minimum Gasteiger partial charge on any atom is -0.290 e. The summed E-state index contributed by atoms with van der Waals surface area (Å²) in [5.74, 6) is 0.653. The van der Waals surface area contributed by atoms with E-state index in [0.717, 1.165) is 28.9 Å². The molecule has 6 nitrogen and oxygen atoms in total. The molecular formula is C19H20N4O2S. The Morgan fingerprint density at radius 3 is 2.58 bits per heavy atom. The first kappa shape index (κ1) is 16.8. The van der Waals surface area contributed by atoms with Crippen LogP contribution >= 0.6 is 0 Å². The van der Waals surface area contributed by atoms with Crippen LogP contribution in [0.3, 0.4) is 0 Å². The van der Waals surface area contributed by atoms with Gasteiger partial charge < -0.3 is 0 Å². The molecule has 26 heavy (non-hydrogen) atoms. The molecule has 2 aromatic heterocycles. The summed E-state index contributed by atoms with van der Waals surface area (Å²) < 4.78 is 29.9. The van der Waals surface area contributed by atoms with Crippen LogP contribution in [0.2, 0.25) is 0 Å². The number of fused-ring (bicyclic) bond motifs is 1. The molecule has 0 N–H and O–H groups in total. The van der Waals surface area contributed by atoms with Crippen molar-refractivity contribution in [2.24, 2.45) is 0 Å². The average Bonchev–Trinajstić information content (AvgIpc) is 3.22. The van der Waals surface area contributed by atoms with Gasteiger partial charge in [0, 0.05) is 12.7 Å². The highest BCUT2D eigenvalue weighted by Crippen LogP contribution is 2.36. The Morgan fingerprint density at radius 1 is 1.08 bits per heavy atom. The van der Waals surface area contributed by atoms with Gasteiger partial charge in [-0.15, -0.1) is 0 Å². The van der Waals surface area contributed by atoms with Gasteiger partial charge in [-0.25, -0.2) is 18.4 Å². The number of hydrogen-bond donors (Lipinski definition) is 0. The lowest BCUT2D eigenvalue weighted by atomic mass is 10.1. The van der Waals surface area contributed by atoms with E-state index in [1.165, 1.54) is 10.5 Å². The van der Waals surface area contributed by atoms with Crippen LogP contribution in [-0.4, -0.2) is 29.5 Å². The number of anilines is 1. The van der Waals surface area contributed by atoms with E-state index in [2.05, 4.69) is 9.97 Å². The number of pyridine rings is 1. The van der Waals surface area contributed by atoms with Gasteiger partial charge in [-0.3, -0.25) is 8.87 Å². The second-order valence-corrected chi connectivity index (χ2v) is 8.47. The molecule has 4 rings (SSSR count). The van der Waals surface area contributed by atoms with Gasteiger partial charge in [-0.2, -0.15) is 0 Å². The van der Waals surface area contributed by atoms with E-state index < -0.39 is 10.0 Å². The SMILES string of the molecule is Cc1cn(-c2cc(C)c(S(=O)(=O)N3CCc4cccc(C)c43)cn2)cn1. The molecule has 1 aliphatic heterocycles. The predicted octanol–water partition coefficient (Wildman–Crippen LogP) is 2.94. The molecule has 0 saturated heterocycles. The van der Waals surface area contributed by atoms with Gasteiger partial charge in [0.25, 0.3) is 10.0 Å². The van der Waals surface area contributed by atoms with Crippen LogP contribution in [0.4, 0.5) is 5.69 Å². The van der Waals surface area contributed by atoms with Gasteiger partial charge in [0.2, 0.25) is 0 Å². The van der Waals surface area contributed by atoms with Gasteiger partial charge in [-0.05, 0) is 49.9 Å². The predicted molar refractivity (Wildman–Crippen MR) is 100 cm³/mol. The van der Waals surface area contributed by atoms with Crippen molar-refractivity contribution in [3.05, 3.63) is 65.4 Å². The third-order valence-electron chi connectivity index (χ3n) is 4.75. The third kappa shape index (κ3) is 2.59. The van der Waals surface area contributed by atoms with E-state index in [4.69, 9.17) is 0 Å². The monoisotopic (exact) mass is 368 g/mol. The van der Waals surface area contributed by atoms with Crippen LogP contribution in [0.1, 0.15) is 22.4 Å². The zero-order valence-corrected chi connectivity index (χ0v) is 15.8. The van der Waals surface area contributed by atoms with E-state index >= 15 is 0 Å². The topological polar surface area (TPSA) is 68.1 Å². The average molecular weight is 368 g/mol. The van der Waals surface area contributed by atoms with Gasteiger partial charge in [0.05, 0.1) is 17.6 Å². The molecule has 3 aromatic rings. The number of benzene rings is 1. The summed E-state index contributed by atoms with van der Waals surface area (Å²) in [6.07, 6.45) is 5.71. The maximum atomic E-state index is 13.3. The highest BCUT2D eigenvalue weighted by molar-refractivity contribution is 7.93. The highest BCUT2D eigenvalue weighted by Gasteiger charge is 2.33. The molecule has 134 valence electrons. The number of sulfonamides is 1. The fourth-order valence-corrected chi connectivity index (χ4v) is 5.18. The first-order valence-electron chi connectivity index (χ1n) is 8.47. The van der Waals surface area contributed by atoms with Crippen molar-refractivity contribution in [2.45, 2.75) is 32.1 Å². The summed E-state index contributed by atoms with van der Waals surface area (Å²) in [6.45, 7) is 6.11. The van der Waals surface area contributed by atoms with Crippen LogP contribution in [0, 0.1) is 20.8 Å². The lowest BCUT2D eigenvalue weighted by Crippen LogP contribution is -2.30. The summed E-state index contributed by atoms with van der Waals surface area (Å²) in [5.41, 5.74) is 4.40. The molecule has 0 fully saturated rings. The van der Waals surface area contributed by atoms with Crippen LogP contribution in [0.5, 0.6) is 0 Å². The van der Waals surface area contributed by atoms with Gasteiger partial charge in [0.15, 0.2) is 0 Å². The van der Waals surface area contributed by atoms with E-state index in [-0.39, 0.29) is 4.90 Å². The summed E-state index contributed by atoms with van der Waals surface area (Å²) in [4.78, 5) is 8.79. The molecule has 0 bridgehead atoms. The molecule has 7 heteroatoms. The zero-order valence-electron chi connectivity index (χ0n) is 15.0. The number of aryl methyl sites for hydroxylation is 3. The normalized spacial score (nSPS) is 13.9. The van der Waals surface area contributed by atoms with Crippen LogP contribution in [0.15, 0.2) is 47.9 Å². The molecule has 1 aromatic carbocycles. The van der Waals surface area contributed by atoms with E-state index in [9.17, 15) is 8.42 Å². The van der Waals surface area contributed by atoms with E-state index in [0.29, 0.717) is 17.9 Å². The second kappa shape index (κ2) is 5.95. The van der Waals surface area contributed by atoms with Crippen molar-refractivity contribution in [3.63, 3.8) is 0 Å². The largest absolute Gasteiger partial charge is 0.290 e. The first-order chi connectivity index (χ1) is 12.4. The highest BCUT2D eigenvalue weighted by atomic mass is 32.2. The minimum absolute atomic E-state index is 0.245. The molecule has 0 aliphatic carbocycles. The molecule has 3 heterocycles. The lowest BCUT2D eigenvalue weighted by molar-refractivity contribution is 0.591. The number of para-hydroxylation sites is 1. The molecule has 0 unspecified atom stereocenters. The maximum absolute atomic E-state index is 13.3. The minimum atomic E-state index is -3.65. The number of rotatable bonds is 3. The fourth-order valence-electron chi connectivity index (χ4n) is 3.46. The molecular weight excluding hydrogens is 348 g/mol. The lowest BCUT2D eigenvalue weighted by Gasteiger charge is -2.22. The molecule has 0 atom stereocenters.